The smallest absolute Gasteiger partial charge is 0.407 e. The Hall–Kier alpha value is -1.12. The van der Waals surface area contributed by atoms with E-state index in [2.05, 4.69) is 37.7 Å². The second-order valence-electron chi connectivity index (χ2n) is 4.83. The van der Waals surface area contributed by atoms with Crippen LogP contribution in [-0.2, 0) is 0 Å². The fourth-order valence-electron chi connectivity index (χ4n) is 2.47. The number of carboxylic acid groups (broad SMARTS) is 1. The van der Waals surface area contributed by atoms with Crippen LogP contribution in [0.15, 0.2) is 12.1 Å². The van der Waals surface area contributed by atoms with E-state index >= 15 is 0 Å². The lowest BCUT2D eigenvalue weighted by molar-refractivity contribution is 0.107. The molecule has 1 N–H and O–H groups in total. The highest BCUT2D eigenvalue weighted by Gasteiger charge is 2.30. The predicted molar refractivity (Wildman–Crippen MR) is 80.4 cm³/mol. The molecule has 0 radical (unpaired) electrons. The molecule has 2 unspecified atom stereocenters. The lowest BCUT2D eigenvalue weighted by Crippen LogP contribution is -2.50. The van der Waals surface area contributed by atoms with Crippen molar-refractivity contribution in [3.63, 3.8) is 0 Å². The molecule has 2 atom stereocenters. The van der Waals surface area contributed by atoms with Crippen molar-refractivity contribution < 1.29 is 9.90 Å². The van der Waals surface area contributed by atoms with Gasteiger partial charge in [-0.05, 0) is 54.5 Å². The number of halogens is 1. The molecule has 0 saturated carbocycles. The van der Waals surface area contributed by atoms with Gasteiger partial charge in [0, 0.05) is 25.7 Å². The van der Waals surface area contributed by atoms with E-state index in [1.165, 1.54) is 4.90 Å². The minimum absolute atomic E-state index is 0.0375. The van der Waals surface area contributed by atoms with Crippen LogP contribution in [0.1, 0.15) is 19.8 Å². The van der Waals surface area contributed by atoms with E-state index in [0.29, 0.717) is 12.6 Å². The van der Waals surface area contributed by atoms with Gasteiger partial charge in [-0.25, -0.2) is 4.79 Å². The quantitative estimate of drug-likeness (QED) is 0.801. The van der Waals surface area contributed by atoms with Crippen molar-refractivity contribution in [1.29, 1.82) is 0 Å². The van der Waals surface area contributed by atoms with Crippen LogP contribution in [-0.4, -0.2) is 52.0 Å². The van der Waals surface area contributed by atoms with Crippen LogP contribution in [0.2, 0.25) is 0 Å². The van der Waals surface area contributed by atoms with Gasteiger partial charge in [-0.1, -0.05) is 0 Å². The molecule has 1 aromatic heterocycles. The van der Waals surface area contributed by atoms with Crippen molar-refractivity contribution in [3.8, 4) is 0 Å². The van der Waals surface area contributed by atoms with Gasteiger partial charge >= 0.3 is 6.09 Å². The summed E-state index contributed by atoms with van der Waals surface area (Å²) in [5, 5.41) is 17.3. The molecule has 6 nitrogen and oxygen atoms in total. The molecule has 0 aromatic carbocycles. The standard InChI is InChI=1S/C12H17IN4O2/c1-8-7-9(5-6-17(8)12(18)19)16(2)11-4-3-10(13)14-15-11/h3-4,8-9H,5-7H2,1-2H3,(H,18,19). The van der Waals surface area contributed by atoms with Gasteiger partial charge in [-0.15, -0.1) is 10.2 Å². The first kappa shape index (κ1) is 14.3. The van der Waals surface area contributed by atoms with Gasteiger partial charge in [-0.3, -0.25) is 0 Å². The number of rotatable bonds is 2. The van der Waals surface area contributed by atoms with E-state index in [-0.39, 0.29) is 6.04 Å². The van der Waals surface area contributed by atoms with Crippen LogP contribution in [0.3, 0.4) is 0 Å². The van der Waals surface area contributed by atoms with Crippen molar-refractivity contribution in [3.05, 3.63) is 15.8 Å². The number of hydrogen-bond donors (Lipinski definition) is 1. The van der Waals surface area contributed by atoms with Crippen molar-refractivity contribution in [2.45, 2.75) is 31.8 Å². The highest BCUT2D eigenvalue weighted by Crippen LogP contribution is 2.24. The second-order valence-corrected chi connectivity index (χ2v) is 5.93. The first-order valence-electron chi connectivity index (χ1n) is 6.20. The van der Waals surface area contributed by atoms with E-state index in [9.17, 15) is 4.79 Å². The summed E-state index contributed by atoms with van der Waals surface area (Å²) < 4.78 is 0.865. The number of carbonyl (C=O) groups is 1. The summed E-state index contributed by atoms with van der Waals surface area (Å²) in [5.74, 6) is 0.835. The van der Waals surface area contributed by atoms with E-state index in [4.69, 9.17) is 5.11 Å². The van der Waals surface area contributed by atoms with E-state index < -0.39 is 6.09 Å². The molecule has 1 amide bonds. The molecule has 2 rings (SSSR count). The molecule has 0 bridgehead atoms. The van der Waals surface area contributed by atoms with E-state index in [0.717, 1.165) is 22.4 Å². The maximum Gasteiger partial charge on any atom is 0.407 e. The Morgan fingerprint density at radius 2 is 2.26 bits per heavy atom. The van der Waals surface area contributed by atoms with Gasteiger partial charge in [0.1, 0.15) is 3.70 Å². The highest BCUT2D eigenvalue weighted by molar-refractivity contribution is 14.1. The highest BCUT2D eigenvalue weighted by atomic mass is 127. The first-order valence-corrected chi connectivity index (χ1v) is 7.28. The summed E-state index contributed by atoms with van der Waals surface area (Å²) in [7, 11) is 1.99. The van der Waals surface area contributed by atoms with Gasteiger partial charge in [0.15, 0.2) is 5.82 Å². The van der Waals surface area contributed by atoms with Crippen LogP contribution in [0, 0.1) is 3.70 Å². The SMILES string of the molecule is CC1CC(N(C)c2ccc(I)nn2)CCN1C(=O)O. The molecule has 0 aliphatic carbocycles. The predicted octanol–water partition coefficient (Wildman–Crippen LogP) is 2.05. The summed E-state index contributed by atoms with van der Waals surface area (Å²) in [6.07, 6.45) is 0.805. The zero-order valence-electron chi connectivity index (χ0n) is 11.0. The van der Waals surface area contributed by atoms with Gasteiger partial charge in [0.2, 0.25) is 0 Å². The van der Waals surface area contributed by atoms with E-state index in [1.807, 2.05) is 26.1 Å². The number of hydrogen-bond acceptors (Lipinski definition) is 4. The van der Waals surface area contributed by atoms with Crippen molar-refractivity contribution in [2.75, 3.05) is 18.5 Å². The van der Waals surface area contributed by atoms with Gasteiger partial charge in [-0.2, -0.15) is 0 Å². The van der Waals surface area contributed by atoms with Crippen molar-refractivity contribution in [2.24, 2.45) is 0 Å². The average molecular weight is 376 g/mol. The second kappa shape index (κ2) is 5.89. The zero-order chi connectivity index (χ0) is 14.0. The number of aromatic nitrogens is 2. The van der Waals surface area contributed by atoms with Crippen molar-refractivity contribution in [1.82, 2.24) is 15.1 Å². The molecule has 1 aliphatic heterocycles. The summed E-state index contributed by atoms with van der Waals surface area (Å²) in [6, 6.07) is 4.22. The number of anilines is 1. The monoisotopic (exact) mass is 376 g/mol. The van der Waals surface area contributed by atoms with Crippen LogP contribution in [0.4, 0.5) is 10.6 Å². The number of amides is 1. The number of piperidine rings is 1. The Kier molecular flexibility index (Phi) is 4.43. The largest absolute Gasteiger partial charge is 0.465 e. The van der Waals surface area contributed by atoms with Crippen molar-refractivity contribution >= 4 is 34.5 Å². The fraction of sp³-hybridized carbons (Fsp3) is 0.583. The molecule has 1 saturated heterocycles. The molecule has 7 heteroatoms. The molecule has 104 valence electrons. The molecule has 0 spiro atoms. The Morgan fingerprint density at radius 1 is 1.53 bits per heavy atom. The molecule has 2 heterocycles. The van der Waals surface area contributed by atoms with Crippen LogP contribution < -0.4 is 4.90 Å². The minimum atomic E-state index is -0.831. The zero-order valence-corrected chi connectivity index (χ0v) is 13.1. The third-order valence-corrected chi connectivity index (χ3v) is 4.20. The fourth-order valence-corrected chi connectivity index (χ4v) is 2.76. The number of likely N-dealkylation sites (tertiary alicyclic amines) is 1. The molecule has 1 aliphatic rings. The summed E-state index contributed by atoms with van der Waals surface area (Å²) in [6.45, 7) is 2.52. The minimum Gasteiger partial charge on any atom is -0.465 e. The van der Waals surface area contributed by atoms with Crippen LogP contribution in [0.25, 0.3) is 0 Å². The van der Waals surface area contributed by atoms with Gasteiger partial charge < -0.3 is 14.9 Å². The Morgan fingerprint density at radius 3 is 2.79 bits per heavy atom. The molecular weight excluding hydrogens is 359 g/mol. The average Bonchev–Trinajstić information content (AvgIpc) is 2.38. The summed E-state index contributed by atoms with van der Waals surface area (Å²) in [5.41, 5.74) is 0. The molecular formula is C12H17IN4O2. The molecule has 1 fully saturated rings. The topological polar surface area (TPSA) is 69.6 Å². The first-order chi connectivity index (χ1) is 8.99. The van der Waals surface area contributed by atoms with Crippen LogP contribution in [0.5, 0.6) is 0 Å². The van der Waals surface area contributed by atoms with Gasteiger partial charge in [0.25, 0.3) is 0 Å². The lowest BCUT2D eigenvalue weighted by Gasteiger charge is -2.40. The third-order valence-electron chi connectivity index (χ3n) is 3.62. The Labute approximate surface area is 125 Å². The summed E-state index contributed by atoms with van der Waals surface area (Å²) >= 11 is 2.12. The van der Waals surface area contributed by atoms with Crippen LogP contribution >= 0.6 is 22.6 Å². The molecule has 19 heavy (non-hydrogen) atoms. The Bertz CT molecular complexity index is 454. The lowest BCUT2D eigenvalue weighted by atomic mass is 9.97. The summed E-state index contributed by atoms with van der Waals surface area (Å²) in [4.78, 5) is 14.6. The number of nitrogens with zero attached hydrogens (tertiary/aromatic N) is 4. The van der Waals surface area contributed by atoms with Gasteiger partial charge in [0.05, 0.1) is 0 Å². The normalized spacial score (nSPS) is 23.2. The Balaban J connectivity index is 2.03. The molecule has 1 aromatic rings. The maximum atomic E-state index is 11.0. The maximum absolute atomic E-state index is 11.0. The third kappa shape index (κ3) is 3.26. The van der Waals surface area contributed by atoms with E-state index in [1.54, 1.807) is 0 Å².